The van der Waals surface area contributed by atoms with Gasteiger partial charge in [0, 0.05) is 16.0 Å². The lowest BCUT2D eigenvalue weighted by molar-refractivity contribution is 0.306. The molecule has 2 N–H and O–H groups in total. The van der Waals surface area contributed by atoms with Gasteiger partial charge in [-0.2, -0.15) is 0 Å². The standard InChI is InChI=1S/C15H16BClO4/c1-10-3-4-11(14(17)7-10)9-21-15-6-5-12(20-2)8-13(15)16(18)19/h3-8,18-19H,9H2,1-2H3. The molecule has 0 spiro atoms. The lowest BCUT2D eigenvalue weighted by Crippen LogP contribution is -2.31. The fourth-order valence-electron chi connectivity index (χ4n) is 1.91. The minimum absolute atomic E-state index is 0.241. The molecule has 0 unspecified atom stereocenters. The van der Waals surface area contributed by atoms with Crippen LogP contribution in [0.1, 0.15) is 11.1 Å². The van der Waals surface area contributed by atoms with Crippen LogP contribution in [0.5, 0.6) is 11.5 Å². The summed E-state index contributed by atoms with van der Waals surface area (Å²) in [7, 11) is -0.126. The largest absolute Gasteiger partial charge is 0.497 e. The third kappa shape index (κ3) is 3.91. The second-order valence-electron chi connectivity index (χ2n) is 4.66. The Morgan fingerprint density at radius 1 is 1.14 bits per heavy atom. The summed E-state index contributed by atoms with van der Waals surface area (Å²) in [6.45, 7) is 2.20. The van der Waals surface area contributed by atoms with Crippen LogP contribution in [0, 0.1) is 6.92 Å². The molecule has 21 heavy (non-hydrogen) atoms. The van der Waals surface area contributed by atoms with E-state index in [4.69, 9.17) is 21.1 Å². The van der Waals surface area contributed by atoms with Crippen LogP contribution in [-0.2, 0) is 6.61 Å². The van der Waals surface area contributed by atoms with E-state index in [1.165, 1.54) is 13.2 Å². The zero-order chi connectivity index (χ0) is 15.4. The second kappa shape index (κ2) is 6.85. The van der Waals surface area contributed by atoms with Crippen molar-refractivity contribution in [3.63, 3.8) is 0 Å². The number of hydrogen-bond acceptors (Lipinski definition) is 4. The molecular weight excluding hydrogens is 290 g/mol. The lowest BCUT2D eigenvalue weighted by Gasteiger charge is -2.13. The Labute approximate surface area is 129 Å². The topological polar surface area (TPSA) is 58.9 Å². The average Bonchev–Trinajstić information content (AvgIpc) is 2.46. The van der Waals surface area contributed by atoms with Crippen LogP contribution in [-0.4, -0.2) is 24.3 Å². The summed E-state index contributed by atoms with van der Waals surface area (Å²) >= 11 is 6.15. The van der Waals surface area contributed by atoms with Crippen molar-refractivity contribution >= 4 is 24.2 Å². The van der Waals surface area contributed by atoms with E-state index in [-0.39, 0.29) is 12.1 Å². The Morgan fingerprint density at radius 2 is 1.90 bits per heavy atom. The van der Waals surface area contributed by atoms with Gasteiger partial charge in [0.2, 0.25) is 0 Å². The predicted octanol–water partition coefficient (Wildman–Crippen LogP) is 1.92. The number of ether oxygens (including phenoxy) is 2. The fraction of sp³-hybridized carbons (Fsp3) is 0.200. The van der Waals surface area contributed by atoms with Crippen LogP contribution in [0.25, 0.3) is 0 Å². The normalized spacial score (nSPS) is 10.3. The van der Waals surface area contributed by atoms with Crippen molar-refractivity contribution in [3.8, 4) is 11.5 Å². The molecule has 0 bridgehead atoms. The molecule has 0 saturated carbocycles. The minimum atomic E-state index is -1.64. The molecule has 6 heteroatoms. The Kier molecular flexibility index (Phi) is 5.12. The molecule has 0 radical (unpaired) electrons. The molecule has 0 aliphatic carbocycles. The molecule has 2 aromatic carbocycles. The summed E-state index contributed by atoms with van der Waals surface area (Å²) in [5, 5.41) is 19.4. The van der Waals surface area contributed by atoms with Crippen LogP contribution in [0.3, 0.4) is 0 Å². The monoisotopic (exact) mass is 306 g/mol. The molecule has 2 rings (SSSR count). The number of methoxy groups -OCH3 is 1. The zero-order valence-electron chi connectivity index (χ0n) is 11.8. The highest BCUT2D eigenvalue weighted by molar-refractivity contribution is 6.59. The van der Waals surface area contributed by atoms with Gasteiger partial charge >= 0.3 is 7.12 Å². The van der Waals surface area contributed by atoms with Crippen molar-refractivity contribution in [1.29, 1.82) is 0 Å². The number of rotatable bonds is 5. The number of halogens is 1. The SMILES string of the molecule is COc1ccc(OCc2ccc(C)cc2Cl)c(B(O)O)c1. The number of aryl methyl sites for hydroxylation is 1. The van der Waals surface area contributed by atoms with Gasteiger partial charge in [-0.15, -0.1) is 0 Å². The molecule has 0 aromatic heterocycles. The maximum atomic E-state index is 9.41. The highest BCUT2D eigenvalue weighted by Gasteiger charge is 2.18. The third-order valence-electron chi connectivity index (χ3n) is 3.09. The summed E-state index contributed by atoms with van der Waals surface area (Å²) in [5.41, 5.74) is 2.15. The van der Waals surface area contributed by atoms with Crippen molar-refractivity contribution in [2.45, 2.75) is 13.5 Å². The van der Waals surface area contributed by atoms with Gasteiger partial charge in [-0.1, -0.05) is 23.7 Å². The molecule has 0 atom stereocenters. The van der Waals surface area contributed by atoms with Gasteiger partial charge in [0.15, 0.2) is 0 Å². The van der Waals surface area contributed by atoms with Crippen LogP contribution in [0.2, 0.25) is 5.02 Å². The van der Waals surface area contributed by atoms with Crippen molar-refractivity contribution in [2.75, 3.05) is 7.11 Å². The van der Waals surface area contributed by atoms with Gasteiger partial charge in [-0.3, -0.25) is 0 Å². The molecule has 0 heterocycles. The maximum absolute atomic E-state index is 9.41. The summed E-state index contributed by atoms with van der Waals surface area (Å²) in [6, 6.07) is 10.5. The average molecular weight is 307 g/mol. The summed E-state index contributed by atoms with van der Waals surface area (Å²) in [5.74, 6) is 0.904. The zero-order valence-corrected chi connectivity index (χ0v) is 12.6. The predicted molar refractivity (Wildman–Crippen MR) is 83.3 cm³/mol. The third-order valence-corrected chi connectivity index (χ3v) is 3.44. The summed E-state index contributed by atoms with van der Waals surface area (Å²) < 4.78 is 10.7. The summed E-state index contributed by atoms with van der Waals surface area (Å²) in [4.78, 5) is 0. The smallest absolute Gasteiger partial charge is 0.492 e. The molecule has 0 aliphatic rings. The lowest BCUT2D eigenvalue weighted by atomic mass is 9.79. The Hall–Kier alpha value is -1.69. The molecule has 0 amide bonds. The van der Waals surface area contributed by atoms with Crippen molar-refractivity contribution < 1.29 is 19.5 Å². The van der Waals surface area contributed by atoms with E-state index < -0.39 is 7.12 Å². The van der Waals surface area contributed by atoms with Crippen LogP contribution >= 0.6 is 11.6 Å². The van der Waals surface area contributed by atoms with Gasteiger partial charge in [-0.05, 0) is 36.8 Å². The number of hydrogen-bond donors (Lipinski definition) is 2. The second-order valence-corrected chi connectivity index (χ2v) is 5.07. The van der Waals surface area contributed by atoms with Crippen LogP contribution in [0.15, 0.2) is 36.4 Å². The van der Waals surface area contributed by atoms with Crippen molar-refractivity contribution in [3.05, 3.63) is 52.5 Å². The van der Waals surface area contributed by atoms with Crippen molar-refractivity contribution in [2.24, 2.45) is 0 Å². The highest BCUT2D eigenvalue weighted by Crippen LogP contribution is 2.21. The van der Waals surface area contributed by atoms with Gasteiger partial charge in [0.1, 0.15) is 18.1 Å². The molecule has 0 saturated heterocycles. The van der Waals surface area contributed by atoms with E-state index in [0.717, 1.165) is 11.1 Å². The first kappa shape index (κ1) is 15.7. The van der Waals surface area contributed by atoms with E-state index in [2.05, 4.69) is 0 Å². The Bertz CT molecular complexity index is 631. The molecule has 0 aliphatic heterocycles. The van der Waals surface area contributed by atoms with Gasteiger partial charge in [-0.25, -0.2) is 0 Å². The highest BCUT2D eigenvalue weighted by atomic mass is 35.5. The fourth-order valence-corrected chi connectivity index (χ4v) is 2.20. The quantitative estimate of drug-likeness (QED) is 0.829. The Morgan fingerprint density at radius 3 is 2.52 bits per heavy atom. The van der Waals surface area contributed by atoms with E-state index in [1.807, 2.05) is 25.1 Å². The maximum Gasteiger partial charge on any atom is 0.492 e. The van der Waals surface area contributed by atoms with E-state index >= 15 is 0 Å². The molecular formula is C15H16BClO4. The van der Waals surface area contributed by atoms with Gasteiger partial charge in [0.25, 0.3) is 0 Å². The first-order valence-corrected chi connectivity index (χ1v) is 6.81. The van der Waals surface area contributed by atoms with Gasteiger partial charge in [0.05, 0.1) is 7.11 Å². The van der Waals surface area contributed by atoms with Crippen LogP contribution in [0.4, 0.5) is 0 Å². The van der Waals surface area contributed by atoms with Crippen molar-refractivity contribution in [1.82, 2.24) is 0 Å². The summed E-state index contributed by atoms with van der Waals surface area (Å²) in [6.07, 6.45) is 0. The molecule has 0 fully saturated rings. The first-order chi connectivity index (χ1) is 10.0. The number of benzene rings is 2. The van der Waals surface area contributed by atoms with E-state index in [0.29, 0.717) is 16.5 Å². The molecule has 2 aromatic rings. The van der Waals surface area contributed by atoms with E-state index in [9.17, 15) is 10.0 Å². The molecule has 4 nitrogen and oxygen atoms in total. The Balaban J connectivity index is 2.19. The first-order valence-electron chi connectivity index (χ1n) is 6.43. The molecule has 110 valence electrons. The minimum Gasteiger partial charge on any atom is -0.497 e. The van der Waals surface area contributed by atoms with Crippen LogP contribution < -0.4 is 14.9 Å². The van der Waals surface area contributed by atoms with Gasteiger partial charge < -0.3 is 19.5 Å². The van der Waals surface area contributed by atoms with E-state index in [1.54, 1.807) is 12.1 Å².